The van der Waals surface area contributed by atoms with Gasteiger partial charge >= 0.3 is 0 Å². The SMILES string of the molecule is Cc1ccc(S(=O)(=O)n2cc3c4c(cccc42)C2=C(S(=O)(=O)c4ccccc4)[C@H](C(=O)N4[C@H]5CC6CCC5(CS4(=O)=O)C6(C)C)N[C@@H]2C3)cc1. The van der Waals surface area contributed by atoms with Crippen LogP contribution in [0.4, 0.5) is 0 Å². The molecule has 5 atom stereocenters. The summed E-state index contributed by atoms with van der Waals surface area (Å²) in [5.41, 5.74) is 2.02. The number of amides is 1. The van der Waals surface area contributed by atoms with Crippen LogP contribution in [0.2, 0.25) is 0 Å². The maximum absolute atomic E-state index is 14.8. The van der Waals surface area contributed by atoms with Gasteiger partial charge in [0.1, 0.15) is 6.04 Å². The number of carbonyl (C=O) groups is 1. The zero-order chi connectivity index (χ0) is 35.2. The highest BCUT2D eigenvalue weighted by Crippen LogP contribution is 2.70. The molecular formula is C37H37N3O7S3. The highest BCUT2D eigenvalue weighted by molar-refractivity contribution is 7.95. The van der Waals surface area contributed by atoms with Crippen molar-refractivity contribution in [2.45, 2.75) is 74.4 Å². The number of hydrogen-bond donors (Lipinski definition) is 1. The van der Waals surface area contributed by atoms with E-state index in [0.717, 1.165) is 16.3 Å². The Bertz CT molecular complexity index is 2520. The van der Waals surface area contributed by atoms with Gasteiger partial charge in [0, 0.05) is 23.0 Å². The Hall–Kier alpha value is -3.78. The van der Waals surface area contributed by atoms with Crippen molar-refractivity contribution in [2.24, 2.45) is 16.7 Å². The lowest BCUT2D eigenvalue weighted by molar-refractivity contribution is -0.130. The van der Waals surface area contributed by atoms with Crippen LogP contribution in [0.25, 0.3) is 16.5 Å². The van der Waals surface area contributed by atoms with Crippen molar-refractivity contribution in [3.05, 3.63) is 101 Å². The first-order valence-corrected chi connectivity index (χ1v) is 21.4. The van der Waals surface area contributed by atoms with Gasteiger partial charge in [-0.25, -0.2) is 33.5 Å². The lowest BCUT2D eigenvalue weighted by Crippen LogP contribution is -2.52. The Morgan fingerprint density at radius 2 is 1.64 bits per heavy atom. The van der Waals surface area contributed by atoms with Gasteiger partial charge in [-0.1, -0.05) is 61.9 Å². The number of carbonyl (C=O) groups excluding carboxylic acids is 1. The zero-order valence-corrected chi connectivity index (χ0v) is 30.3. The van der Waals surface area contributed by atoms with Gasteiger partial charge < -0.3 is 0 Å². The van der Waals surface area contributed by atoms with E-state index >= 15 is 0 Å². The molecule has 50 heavy (non-hydrogen) atoms. The van der Waals surface area contributed by atoms with E-state index in [-0.39, 0.29) is 38.2 Å². The van der Waals surface area contributed by atoms with Crippen LogP contribution in [-0.4, -0.2) is 63.3 Å². The summed E-state index contributed by atoms with van der Waals surface area (Å²) < 4.78 is 87.6. The molecule has 1 saturated heterocycles. The van der Waals surface area contributed by atoms with E-state index in [1.807, 2.05) is 6.92 Å². The minimum atomic E-state index is -4.35. The molecule has 9 rings (SSSR count). The lowest BCUT2D eigenvalue weighted by atomic mass is 9.69. The molecule has 1 spiro atoms. The smallest absolute Gasteiger partial charge is 0.268 e. The molecule has 1 amide bonds. The Labute approximate surface area is 292 Å². The van der Waals surface area contributed by atoms with Crippen LogP contribution in [0.1, 0.15) is 49.8 Å². The number of aromatic nitrogens is 1. The Balaban J connectivity index is 1.23. The lowest BCUT2D eigenvalue weighted by Gasteiger charge is -2.37. The topological polar surface area (TPSA) is 140 Å². The number of nitrogens with one attached hydrogen (secondary N) is 1. The van der Waals surface area contributed by atoms with Crippen LogP contribution in [0, 0.1) is 23.7 Å². The molecule has 4 aromatic rings. The van der Waals surface area contributed by atoms with Gasteiger partial charge in [0.25, 0.3) is 15.9 Å². The second-order valence-corrected chi connectivity index (χ2v) is 20.8. The van der Waals surface area contributed by atoms with Crippen LogP contribution < -0.4 is 5.32 Å². The Kier molecular flexibility index (Phi) is 6.54. The quantitative estimate of drug-likeness (QED) is 0.314. The molecule has 3 aromatic carbocycles. The molecule has 260 valence electrons. The van der Waals surface area contributed by atoms with Crippen molar-refractivity contribution in [1.82, 2.24) is 13.6 Å². The third-order valence-corrected chi connectivity index (χ3v) is 18.2. The van der Waals surface area contributed by atoms with Gasteiger partial charge in [-0.15, -0.1) is 0 Å². The number of benzene rings is 3. The first-order chi connectivity index (χ1) is 23.6. The molecular weight excluding hydrogens is 695 g/mol. The summed E-state index contributed by atoms with van der Waals surface area (Å²) in [5.74, 6) is -0.619. The average Bonchev–Trinajstić information content (AvgIpc) is 3.82. The van der Waals surface area contributed by atoms with Crippen molar-refractivity contribution in [1.29, 1.82) is 0 Å². The molecule has 13 heteroatoms. The number of aryl methyl sites for hydroxylation is 1. The normalized spacial score (nSPS) is 29.1. The monoisotopic (exact) mass is 731 g/mol. The Morgan fingerprint density at radius 3 is 2.34 bits per heavy atom. The number of nitrogens with zero attached hydrogens (tertiary/aromatic N) is 2. The Morgan fingerprint density at radius 1 is 0.920 bits per heavy atom. The second-order valence-electron chi connectivity index (χ2n) is 15.2. The van der Waals surface area contributed by atoms with Crippen LogP contribution in [0.5, 0.6) is 0 Å². The fourth-order valence-corrected chi connectivity index (χ4v) is 15.8. The molecule has 1 aromatic heterocycles. The maximum Gasteiger partial charge on any atom is 0.268 e. The van der Waals surface area contributed by atoms with E-state index in [2.05, 4.69) is 19.2 Å². The van der Waals surface area contributed by atoms with E-state index < -0.39 is 59.3 Å². The number of sulfonamides is 1. The maximum atomic E-state index is 14.8. The van der Waals surface area contributed by atoms with Crippen molar-refractivity contribution in [2.75, 3.05) is 5.75 Å². The van der Waals surface area contributed by atoms with Crippen LogP contribution >= 0.6 is 0 Å². The summed E-state index contributed by atoms with van der Waals surface area (Å²) in [7, 11) is -12.4. The summed E-state index contributed by atoms with van der Waals surface area (Å²) in [6.07, 6.45) is 3.96. The second kappa shape index (κ2) is 10.2. The van der Waals surface area contributed by atoms with Crippen molar-refractivity contribution < 1.29 is 30.0 Å². The van der Waals surface area contributed by atoms with E-state index in [1.54, 1.807) is 66.9 Å². The average molecular weight is 732 g/mol. The third-order valence-electron chi connectivity index (χ3n) is 12.6. The van der Waals surface area contributed by atoms with Crippen LogP contribution in [0.15, 0.2) is 93.7 Å². The summed E-state index contributed by atoms with van der Waals surface area (Å²) >= 11 is 0. The number of sulfone groups is 1. The molecule has 3 fully saturated rings. The van der Waals surface area contributed by atoms with E-state index in [0.29, 0.717) is 40.4 Å². The van der Waals surface area contributed by atoms with Gasteiger partial charge in [0.05, 0.1) is 32.0 Å². The summed E-state index contributed by atoms with van der Waals surface area (Å²) in [4.78, 5) is 14.8. The molecule has 2 aliphatic heterocycles. The molecule has 0 radical (unpaired) electrons. The van der Waals surface area contributed by atoms with Crippen molar-refractivity contribution in [3.63, 3.8) is 0 Å². The van der Waals surface area contributed by atoms with E-state index in [4.69, 9.17) is 0 Å². The molecule has 3 heterocycles. The predicted octanol–water partition coefficient (Wildman–Crippen LogP) is 4.64. The van der Waals surface area contributed by atoms with Crippen molar-refractivity contribution in [3.8, 4) is 0 Å². The fraction of sp³-hybridized carbons (Fsp3) is 0.378. The first kappa shape index (κ1) is 32.1. The molecule has 2 unspecified atom stereocenters. The number of rotatable bonds is 5. The fourth-order valence-electron chi connectivity index (χ4n) is 10.0. The zero-order valence-electron chi connectivity index (χ0n) is 27.8. The van der Waals surface area contributed by atoms with Gasteiger partial charge in [0.15, 0.2) is 0 Å². The predicted molar refractivity (Wildman–Crippen MR) is 189 cm³/mol. The van der Waals surface area contributed by atoms with Gasteiger partial charge in [-0.2, -0.15) is 0 Å². The molecule has 2 bridgehead atoms. The van der Waals surface area contributed by atoms with E-state index in [9.17, 15) is 30.0 Å². The molecule has 10 nitrogen and oxygen atoms in total. The molecule has 2 saturated carbocycles. The van der Waals surface area contributed by atoms with Crippen LogP contribution in [0.3, 0.4) is 0 Å². The minimum absolute atomic E-state index is 0.0120. The first-order valence-electron chi connectivity index (χ1n) is 16.9. The van der Waals surface area contributed by atoms with Gasteiger partial charge in [-0.3, -0.25) is 10.1 Å². The largest absolute Gasteiger partial charge is 0.294 e. The third kappa shape index (κ3) is 4.03. The summed E-state index contributed by atoms with van der Waals surface area (Å²) in [5, 5.41) is 3.87. The molecule has 3 aliphatic carbocycles. The summed E-state index contributed by atoms with van der Waals surface area (Å²) in [6.45, 7) is 6.09. The van der Waals surface area contributed by atoms with Crippen molar-refractivity contribution >= 4 is 52.3 Å². The molecule has 5 aliphatic rings. The highest BCUT2D eigenvalue weighted by atomic mass is 32.2. The van der Waals surface area contributed by atoms with Gasteiger partial charge in [-0.05, 0) is 91.0 Å². The molecule has 1 N–H and O–H groups in total. The van der Waals surface area contributed by atoms with Gasteiger partial charge in [0.2, 0.25) is 19.9 Å². The minimum Gasteiger partial charge on any atom is -0.294 e. The standard InChI is InChI=1S/C37H37N3O7S3/c1-22-12-14-26(15-13-22)50(46,47)39-20-23-18-28-32(27-10-7-11-29(39)31(23)27)34(49(44,45)25-8-5-4-6-9-25)33(38-28)35(41)40-30-19-24-16-17-37(30,36(24,2)3)21-48(40,42)43/h4-15,20,24,28,30,33,38H,16-19,21H2,1-3H3/t24?,28-,30+,33-,37?/m1/s1. The van der Waals surface area contributed by atoms with Crippen LogP contribution in [-0.2, 0) is 41.1 Å². The summed E-state index contributed by atoms with van der Waals surface area (Å²) in [6, 6.07) is 16.9. The number of hydrogen-bond acceptors (Lipinski definition) is 8. The number of fused-ring (bicyclic) bond motifs is 3. The highest BCUT2D eigenvalue weighted by Gasteiger charge is 2.73. The van der Waals surface area contributed by atoms with E-state index in [1.165, 1.54) is 16.1 Å².